The van der Waals surface area contributed by atoms with Gasteiger partial charge in [-0.2, -0.15) is 0 Å². The Bertz CT molecular complexity index is 274. The zero-order valence-electron chi connectivity index (χ0n) is 5.62. The van der Waals surface area contributed by atoms with Crippen LogP contribution < -0.4 is 0 Å². The summed E-state index contributed by atoms with van der Waals surface area (Å²) in [7, 11) is 0. The molecular weight excluding hydrogens is 287 g/mol. The number of hydrogen-bond acceptors (Lipinski definition) is 0. The van der Waals surface area contributed by atoms with Gasteiger partial charge in [0.2, 0.25) is 0 Å². The first-order valence-electron chi connectivity index (χ1n) is 2.95. The van der Waals surface area contributed by atoms with Gasteiger partial charge in [-0.3, -0.25) is 0 Å². The van der Waals surface area contributed by atoms with Gasteiger partial charge < -0.3 is 0 Å². The summed E-state index contributed by atoms with van der Waals surface area (Å²) in [6.45, 7) is 0. The number of alkyl halides is 2. The molecule has 0 aliphatic heterocycles. The van der Waals surface area contributed by atoms with Gasteiger partial charge >= 0.3 is 0 Å². The molecular formula is C7H3F4I. The second kappa shape index (κ2) is 3.59. The normalized spacial score (nSPS) is 10.8. The van der Waals surface area contributed by atoms with Gasteiger partial charge in [0.25, 0.3) is 6.43 Å². The smallest absolute Gasteiger partial charge is 0.206 e. The maximum absolute atomic E-state index is 12.6. The number of hydrogen-bond donors (Lipinski definition) is 0. The summed E-state index contributed by atoms with van der Waals surface area (Å²) < 4.78 is 48.8. The molecule has 66 valence electrons. The minimum absolute atomic E-state index is 0.267. The van der Waals surface area contributed by atoms with E-state index in [1.807, 2.05) is 0 Å². The van der Waals surface area contributed by atoms with E-state index in [0.29, 0.717) is 12.1 Å². The van der Waals surface area contributed by atoms with Gasteiger partial charge in [-0.25, -0.2) is 17.6 Å². The van der Waals surface area contributed by atoms with Crippen LogP contribution in [0.3, 0.4) is 0 Å². The first kappa shape index (κ1) is 9.76. The van der Waals surface area contributed by atoms with Crippen molar-refractivity contribution in [3.63, 3.8) is 0 Å². The van der Waals surface area contributed by atoms with Crippen LogP contribution in [0, 0.1) is 15.2 Å². The molecule has 1 rings (SSSR count). The van der Waals surface area contributed by atoms with Crippen LogP contribution in [0.1, 0.15) is 12.0 Å². The van der Waals surface area contributed by atoms with Crippen LogP contribution in [0.2, 0.25) is 0 Å². The molecule has 0 aliphatic rings. The fourth-order valence-corrected chi connectivity index (χ4v) is 1.01. The highest BCUT2D eigenvalue weighted by molar-refractivity contribution is 14.1. The van der Waals surface area contributed by atoms with Crippen molar-refractivity contribution in [1.29, 1.82) is 0 Å². The van der Waals surface area contributed by atoms with E-state index in [0.717, 1.165) is 0 Å². The molecule has 0 unspecified atom stereocenters. The average molecular weight is 290 g/mol. The third-order valence-electron chi connectivity index (χ3n) is 1.26. The van der Waals surface area contributed by atoms with Gasteiger partial charge in [-0.15, -0.1) is 0 Å². The molecule has 0 fully saturated rings. The standard InChI is InChI=1S/C7H3F4I/c8-4-1-3(7(10)11)2-5(9)6(4)12/h1-2,7H. The molecule has 0 N–H and O–H groups in total. The van der Waals surface area contributed by atoms with Crippen LogP contribution in [0.4, 0.5) is 17.6 Å². The van der Waals surface area contributed by atoms with Crippen LogP contribution in [0.15, 0.2) is 12.1 Å². The summed E-state index contributed by atoms with van der Waals surface area (Å²) in [5.74, 6) is -1.91. The van der Waals surface area contributed by atoms with Crippen molar-refractivity contribution < 1.29 is 17.6 Å². The van der Waals surface area contributed by atoms with Crippen molar-refractivity contribution in [2.45, 2.75) is 6.43 Å². The second-order valence-corrected chi connectivity index (χ2v) is 3.18. The van der Waals surface area contributed by atoms with Crippen LogP contribution in [-0.2, 0) is 0 Å². The Labute approximate surface area is 79.7 Å². The molecule has 0 saturated heterocycles. The predicted molar refractivity (Wildman–Crippen MR) is 44.0 cm³/mol. The van der Waals surface area contributed by atoms with Crippen LogP contribution >= 0.6 is 22.6 Å². The lowest BCUT2D eigenvalue weighted by molar-refractivity contribution is 0.150. The maximum atomic E-state index is 12.6. The number of halogens is 5. The van der Waals surface area contributed by atoms with E-state index in [2.05, 4.69) is 0 Å². The molecule has 0 bridgehead atoms. The Kier molecular flexibility index (Phi) is 2.92. The average Bonchev–Trinajstić information content (AvgIpc) is 1.99. The minimum atomic E-state index is -2.84. The quantitative estimate of drug-likeness (QED) is 0.422. The lowest BCUT2D eigenvalue weighted by Crippen LogP contribution is -1.93. The largest absolute Gasteiger partial charge is 0.264 e. The second-order valence-electron chi connectivity index (χ2n) is 2.10. The molecule has 1 aromatic carbocycles. The Balaban J connectivity index is 3.21. The van der Waals surface area contributed by atoms with E-state index in [4.69, 9.17) is 0 Å². The summed E-state index contributed by atoms with van der Waals surface area (Å²) in [5.41, 5.74) is -0.634. The van der Waals surface area contributed by atoms with Gasteiger partial charge in [0.05, 0.1) is 3.57 Å². The third kappa shape index (κ3) is 1.88. The van der Waals surface area contributed by atoms with Crippen LogP contribution in [-0.4, -0.2) is 0 Å². The molecule has 0 spiro atoms. The topological polar surface area (TPSA) is 0 Å². The van der Waals surface area contributed by atoms with Crippen molar-refractivity contribution in [1.82, 2.24) is 0 Å². The van der Waals surface area contributed by atoms with E-state index in [1.165, 1.54) is 22.6 Å². The van der Waals surface area contributed by atoms with Crippen molar-refractivity contribution in [3.8, 4) is 0 Å². The zero-order valence-corrected chi connectivity index (χ0v) is 7.78. The Morgan fingerprint density at radius 2 is 1.50 bits per heavy atom. The Morgan fingerprint density at radius 1 is 1.08 bits per heavy atom. The number of benzene rings is 1. The van der Waals surface area contributed by atoms with Gasteiger partial charge in [-0.1, -0.05) is 0 Å². The lowest BCUT2D eigenvalue weighted by atomic mass is 10.2. The molecule has 0 amide bonds. The third-order valence-corrected chi connectivity index (χ3v) is 2.29. The van der Waals surface area contributed by atoms with Gasteiger partial charge in [-0.05, 0) is 34.7 Å². The molecule has 0 aromatic heterocycles. The highest BCUT2D eigenvalue weighted by Crippen LogP contribution is 2.24. The van der Waals surface area contributed by atoms with E-state index < -0.39 is 23.6 Å². The van der Waals surface area contributed by atoms with Crippen molar-refractivity contribution in [2.75, 3.05) is 0 Å². The lowest BCUT2D eigenvalue weighted by Gasteiger charge is -2.01. The summed E-state index contributed by atoms with van der Waals surface area (Å²) in [4.78, 5) is 0. The maximum Gasteiger partial charge on any atom is 0.264 e. The minimum Gasteiger partial charge on any atom is -0.206 e. The predicted octanol–water partition coefficient (Wildman–Crippen LogP) is 3.51. The van der Waals surface area contributed by atoms with Gasteiger partial charge in [0.1, 0.15) is 11.6 Å². The van der Waals surface area contributed by atoms with E-state index >= 15 is 0 Å². The fourth-order valence-electron chi connectivity index (χ4n) is 0.701. The summed E-state index contributed by atoms with van der Waals surface area (Å²) in [5, 5.41) is 0. The SMILES string of the molecule is Fc1cc(C(F)F)cc(F)c1I. The molecule has 1 aromatic rings. The van der Waals surface area contributed by atoms with Crippen molar-refractivity contribution >= 4 is 22.6 Å². The zero-order chi connectivity index (χ0) is 9.30. The summed E-state index contributed by atoms with van der Waals surface area (Å²) >= 11 is 1.41. The molecule has 0 saturated carbocycles. The summed E-state index contributed by atoms with van der Waals surface area (Å²) in [6, 6.07) is 1.27. The molecule has 5 heteroatoms. The summed E-state index contributed by atoms with van der Waals surface area (Å²) in [6.07, 6.45) is -2.84. The first-order chi connectivity index (χ1) is 5.52. The Morgan fingerprint density at radius 3 is 1.83 bits per heavy atom. The van der Waals surface area contributed by atoms with Crippen LogP contribution in [0.25, 0.3) is 0 Å². The van der Waals surface area contributed by atoms with Gasteiger partial charge in [0.15, 0.2) is 0 Å². The fraction of sp³-hybridized carbons (Fsp3) is 0.143. The van der Waals surface area contributed by atoms with E-state index in [-0.39, 0.29) is 3.57 Å². The van der Waals surface area contributed by atoms with Gasteiger partial charge in [0, 0.05) is 5.56 Å². The van der Waals surface area contributed by atoms with E-state index in [1.54, 1.807) is 0 Å². The first-order valence-corrected chi connectivity index (χ1v) is 4.03. The van der Waals surface area contributed by atoms with Crippen LogP contribution in [0.5, 0.6) is 0 Å². The molecule has 0 aliphatic carbocycles. The highest BCUT2D eigenvalue weighted by Gasteiger charge is 2.13. The van der Waals surface area contributed by atoms with E-state index in [9.17, 15) is 17.6 Å². The number of rotatable bonds is 1. The highest BCUT2D eigenvalue weighted by atomic mass is 127. The molecule has 0 radical (unpaired) electrons. The molecule has 0 nitrogen and oxygen atoms in total. The molecule has 0 heterocycles. The van der Waals surface area contributed by atoms with Crippen molar-refractivity contribution in [3.05, 3.63) is 32.9 Å². The Hall–Kier alpha value is -0.330. The monoisotopic (exact) mass is 290 g/mol. The molecule has 0 atom stereocenters. The molecule has 12 heavy (non-hydrogen) atoms. The van der Waals surface area contributed by atoms with Crippen molar-refractivity contribution in [2.24, 2.45) is 0 Å².